The van der Waals surface area contributed by atoms with Gasteiger partial charge in [-0.2, -0.15) is 0 Å². The predicted molar refractivity (Wildman–Crippen MR) is 99.9 cm³/mol. The summed E-state index contributed by atoms with van der Waals surface area (Å²) in [5, 5.41) is 3.33. The molecule has 0 bridgehead atoms. The van der Waals surface area contributed by atoms with Gasteiger partial charge in [-0.05, 0) is 35.7 Å². The maximum atomic E-state index is 12.4. The second-order valence-corrected chi connectivity index (χ2v) is 6.15. The van der Waals surface area contributed by atoms with Crippen LogP contribution in [0.1, 0.15) is 21.5 Å². The summed E-state index contributed by atoms with van der Waals surface area (Å²) in [7, 11) is 0. The number of pyridine rings is 1. The summed E-state index contributed by atoms with van der Waals surface area (Å²) in [6.45, 7) is 2.26. The molecule has 126 valence electrons. The predicted octanol–water partition coefficient (Wildman–Crippen LogP) is 3.93. The Morgan fingerprint density at radius 3 is 2.44 bits per heavy atom. The lowest BCUT2D eigenvalue weighted by molar-refractivity contribution is 0.0950. The SMILES string of the molecule is Cc1cccc(Cl)c1C(=O)NCc1ccc(-c2cccc(=O)[nH]2)cc1. The first-order chi connectivity index (χ1) is 12.0. The normalized spacial score (nSPS) is 10.5. The third-order valence-electron chi connectivity index (χ3n) is 3.94. The number of hydrogen-bond donors (Lipinski definition) is 2. The van der Waals surface area contributed by atoms with Crippen molar-refractivity contribution in [3.63, 3.8) is 0 Å². The van der Waals surface area contributed by atoms with Crippen molar-refractivity contribution in [1.29, 1.82) is 0 Å². The molecule has 0 atom stereocenters. The Kier molecular flexibility index (Phi) is 5.00. The average molecular weight is 353 g/mol. The van der Waals surface area contributed by atoms with Crippen molar-refractivity contribution in [3.05, 3.63) is 92.7 Å². The standard InChI is InChI=1S/C20H17ClN2O2/c1-13-4-2-5-16(21)19(13)20(25)22-12-14-8-10-15(11-9-14)17-6-3-7-18(24)23-17/h2-11H,12H2,1H3,(H,22,25)(H,23,24). The van der Waals surface area contributed by atoms with Crippen LogP contribution in [-0.2, 0) is 6.54 Å². The molecule has 2 aromatic carbocycles. The molecule has 0 saturated carbocycles. The van der Waals surface area contributed by atoms with Crippen LogP contribution in [0.25, 0.3) is 11.3 Å². The Morgan fingerprint density at radius 1 is 1.04 bits per heavy atom. The van der Waals surface area contributed by atoms with Gasteiger partial charge in [-0.1, -0.05) is 54.1 Å². The first-order valence-electron chi connectivity index (χ1n) is 7.86. The van der Waals surface area contributed by atoms with E-state index >= 15 is 0 Å². The number of carbonyl (C=O) groups excluding carboxylic acids is 1. The third-order valence-corrected chi connectivity index (χ3v) is 4.25. The van der Waals surface area contributed by atoms with E-state index in [9.17, 15) is 9.59 Å². The molecular formula is C20H17ClN2O2. The van der Waals surface area contributed by atoms with E-state index in [0.717, 1.165) is 22.4 Å². The maximum Gasteiger partial charge on any atom is 0.253 e. The number of nitrogens with one attached hydrogen (secondary N) is 2. The Labute approximate surface area is 150 Å². The van der Waals surface area contributed by atoms with Crippen molar-refractivity contribution in [2.24, 2.45) is 0 Å². The highest BCUT2D eigenvalue weighted by molar-refractivity contribution is 6.34. The first-order valence-corrected chi connectivity index (χ1v) is 8.24. The van der Waals surface area contributed by atoms with Crippen molar-refractivity contribution >= 4 is 17.5 Å². The molecule has 25 heavy (non-hydrogen) atoms. The lowest BCUT2D eigenvalue weighted by Gasteiger charge is -2.10. The summed E-state index contributed by atoms with van der Waals surface area (Å²) in [6.07, 6.45) is 0. The molecule has 2 N–H and O–H groups in total. The second kappa shape index (κ2) is 7.36. The van der Waals surface area contributed by atoms with E-state index in [1.54, 1.807) is 12.1 Å². The topological polar surface area (TPSA) is 62.0 Å². The first kappa shape index (κ1) is 17.0. The van der Waals surface area contributed by atoms with Crippen LogP contribution < -0.4 is 10.9 Å². The molecule has 0 saturated heterocycles. The Morgan fingerprint density at radius 2 is 1.76 bits per heavy atom. The smallest absolute Gasteiger partial charge is 0.253 e. The van der Waals surface area contributed by atoms with E-state index < -0.39 is 0 Å². The number of aromatic nitrogens is 1. The summed E-state index contributed by atoms with van der Waals surface area (Å²) >= 11 is 6.12. The second-order valence-electron chi connectivity index (χ2n) is 5.74. The highest BCUT2D eigenvalue weighted by Gasteiger charge is 2.12. The Balaban J connectivity index is 1.70. The van der Waals surface area contributed by atoms with Gasteiger partial charge in [-0.25, -0.2) is 0 Å². The van der Waals surface area contributed by atoms with Gasteiger partial charge in [0.2, 0.25) is 5.56 Å². The molecule has 1 heterocycles. The minimum Gasteiger partial charge on any atom is -0.348 e. The molecule has 0 radical (unpaired) electrons. The number of carbonyl (C=O) groups is 1. The fourth-order valence-electron chi connectivity index (χ4n) is 2.61. The van der Waals surface area contributed by atoms with Crippen LogP contribution in [-0.4, -0.2) is 10.9 Å². The fourth-order valence-corrected chi connectivity index (χ4v) is 2.92. The summed E-state index contributed by atoms with van der Waals surface area (Å²) in [5.41, 5.74) is 3.84. The van der Waals surface area contributed by atoms with E-state index in [2.05, 4.69) is 10.3 Å². The van der Waals surface area contributed by atoms with Gasteiger partial charge in [0.1, 0.15) is 0 Å². The Bertz CT molecular complexity index is 942. The summed E-state index contributed by atoms with van der Waals surface area (Å²) in [5.74, 6) is -0.195. The minimum absolute atomic E-state index is 0.135. The van der Waals surface area contributed by atoms with Crippen molar-refractivity contribution in [3.8, 4) is 11.3 Å². The van der Waals surface area contributed by atoms with Crippen LogP contribution in [0.5, 0.6) is 0 Å². The summed E-state index contributed by atoms with van der Waals surface area (Å²) < 4.78 is 0. The number of aromatic amines is 1. The Hall–Kier alpha value is -2.85. The van der Waals surface area contributed by atoms with Crippen LogP contribution in [0.15, 0.2) is 65.5 Å². The van der Waals surface area contributed by atoms with Gasteiger partial charge in [0.05, 0.1) is 10.6 Å². The van der Waals surface area contributed by atoms with Gasteiger partial charge in [-0.3, -0.25) is 9.59 Å². The lowest BCUT2D eigenvalue weighted by atomic mass is 10.1. The number of H-pyrrole nitrogens is 1. The molecule has 1 amide bonds. The van der Waals surface area contributed by atoms with Crippen LogP contribution in [0.2, 0.25) is 5.02 Å². The van der Waals surface area contributed by atoms with Gasteiger partial charge in [-0.15, -0.1) is 0 Å². The minimum atomic E-state index is -0.195. The summed E-state index contributed by atoms with van der Waals surface area (Å²) in [4.78, 5) is 26.5. The molecule has 3 rings (SSSR count). The quantitative estimate of drug-likeness (QED) is 0.747. The molecule has 3 aromatic rings. The zero-order valence-corrected chi connectivity index (χ0v) is 14.4. The lowest BCUT2D eigenvalue weighted by Crippen LogP contribution is -2.24. The number of halogens is 1. The fraction of sp³-hybridized carbons (Fsp3) is 0.100. The van der Waals surface area contributed by atoms with Gasteiger partial charge in [0.15, 0.2) is 0 Å². The molecule has 0 aliphatic carbocycles. The van der Waals surface area contributed by atoms with E-state index in [4.69, 9.17) is 11.6 Å². The number of rotatable bonds is 4. The van der Waals surface area contributed by atoms with Crippen LogP contribution in [0.3, 0.4) is 0 Å². The van der Waals surface area contributed by atoms with Gasteiger partial charge in [0, 0.05) is 18.3 Å². The molecule has 0 aliphatic rings. The van der Waals surface area contributed by atoms with E-state index in [0.29, 0.717) is 17.1 Å². The van der Waals surface area contributed by atoms with Gasteiger partial charge < -0.3 is 10.3 Å². The molecule has 0 unspecified atom stereocenters. The van der Waals surface area contributed by atoms with Crippen molar-refractivity contribution in [2.45, 2.75) is 13.5 Å². The molecule has 0 fully saturated rings. The number of hydrogen-bond acceptors (Lipinski definition) is 2. The molecule has 4 nitrogen and oxygen atoms in total. The molecule has 1 aromatic heterocycles. The average Bonchev–Trinajstić information content (AvgIpc) is 2.60. The molecule has 5 heteroatoms. The van der Waals surface area contributed by atoms with Crippen LogP contribution in [0.4, 0.5) is 0 Å². The number of aryl methyl sites for hydroxylation is 1. The van der Waals surface area contributed by atoms with E-state index in [-0.39, 0.29) is 11.5 Å². The molecular weight excluding hydrogens is 336 g/mol. The van der Waals surface area contributed by atoms with Crippen LogP contribution >= 0.6 is 11.6 Å². The number of amides is 1. The van der Waals surface area contributed by atoms with Crippen LogP contribution in [0, 0.1) is 6.92 Å². The largest absolute Gasteiger partial charge is 0.348 e. The van der Waals surface area contributed by atoms with Crippen molar-refractivity contribution < 1.29 is 4.79 Å². The molecule has 0 spiro atoms. The zero-order valence-electron chi connectivity index (χ0n) is 13.7. The van der Waals surface area contributed by atoms with E-state index in [1.165, 1.54) is 6.07 Å². The van der Waals surface area contributed by atoms with Gasteiger partial charge in [0.25, 0.3) is 5.91 Å². The molecule has 0 aliphatic heterocycles. The van der Waals surface area contributed by atoms with Crippen molar-refractivity contribution in [2.75, 3.05) is 0 Å². The zero-order chi connectivity index (χ0) is 17.8. The van der Waals surface area contributed by atoms with E-state index in [1.807, 2.05) is 49.4 Å². The highest BCUT2D eigenvalue weighted by Crippen LogP contribution is 2.20. The maximum absolute atomic E-state index is 12.4. The summed E-state index contributed by atoms with van der Waals surface area (Å²) in [6, 6.07) is 18.1. The van der Waals surface area contributed by atoms with Crippen molar-refractivity contribution in [1.82, 2.24) is 10.3 Å². The highest BCUT2D eigenvalue weighted by atomic mass is 35.5. The van der Waals surface area contributed by atoms with Gasteiger partial charge >= 0.3 is 0 Å². The third kappa shape index (κ3) is 3.98. The monoisotopic (exact) mass is 352 g/mol. The number of benzene rings is 2.